The summed E-state index contributed by atoms with van der Waals surface area (Å²) in [6, 6.07) is 13.6. The maximum atomic E-state index is 13.2. The number of aryl methyl sites for hydroxylation is 2. The highest BCUT2D eigenvalue weighted by Crippen LogP contribution is 2.33. The first-order valence-electron chi connectivity index (χ1n) is 12.3. The van der Waals surface area contributed by atoms with Crippen LogP contribution in [0.3, 0.4) is 0 Å². The predicted molar refractivity (Wildman–Crippen MR) is 133 cm³/mol. The Balaban J connectivity index is 1.18. The van der Waals surface area contributed by atoms with Gasteiger partial charge >= 0.3 is 0 Å². The normalized spacial score (nSPS) is 20.6. The summed E-state index contributed by atoms with van der Waals surface area (Å²) < 4.78 is 5.07. The van der Waals surface area contributed by atoms with Crippen LogP contribution in [0.4, 0.5) is 0 Å². The van der Waals surface area contributed by atoms with Gasteiger partial charge < -0.3 is 19.5 Å². The number of amides is 2. The van der Waals surface area contributed by atoms with Crippen molar-refractivity contribution >= 4 is 11.8 Å². The smallest absolute Gasteiger partial charge is 0.255 e. The van der Waals surface area contributed by atoms with Gasteiger partial charge in [0, 0.05) is 38.9 Å². The van der Waals surface area contributed by atoms with Gasteiger partial charge in [-0.15, -0.1) is 0 Å². The Bertz CT molecular complexity index is 1140. The van der Waals surface area contributed by atoms with Crippen molar-refractivity contribution in [2.24, 2.45) is 11.8 Å². The predicted octanol–water partition coefficient (Wildman–Crippen LogP) is 3.86. The van der Waals surface area contributed by atoms with Gasteiger partial charge in [0.15, 0.2) is 0 Å². The zero-order valence-electron chi connectivity index (χ0n) is 20.3. The summed E-state index contributed by atoms with van der Waals surface area (Å²) in [7, 11) is 0. The number of hydrogen-bond donors (Lipinski definition) is 1. The Kier molecular flexibility index (Phi) is 6.68. The van der Waals surface area contributed by atoms with Gasteiger partial charge in [0.25, 0.3) is 11.8 Å². The summed E-state index contributed by atoms with van der Waals surface area (Å²) in [5.41, 5.74) is 4.18. The van der Waals surface area contributed by atoms with Crippen molar-refractivity contribution in [2.45, 2.75) is 26.3 Å². The fraction of sp³-hybridized carbons (Fsp3) is 0.393. The minimum Gasteiger partial charge on any atom is -0.472 e. The molecule has 2 aliphatic heterocycles. The van der Waals surface area contributed by atoms with Gasteiger partial charge in [-0.1, -0.05) is 30.3 Å². The van der Waals surface area contributed by atoms with Crippen molar-refractivity contribution in [2.75, 3.05) is 32.7 Å². The Hall–Kier alpha value is -3.45. The van der Waals surface area contributed by atoms with Crippen LogP contribution in [0, 0.1) is 25.7 Å². The van der Waals surface area contributed by atoms with E-state index >= 15 is 0 Å². The summed E-state index contributed by atoms with van der Waals surface area (Å²) in [6.45, 7) is 8.35. The highest BCUT2D eigenvalue weighted by atomic mass is 16.3. The number of hydrogen-bond acceptors (Lipinski definition) is 5. The van der Waals surface area contributed by atoms with Crippen LogP contribution in [0.5, 0.6) is 0 Å². The maximum absolute atomic E-state index is 13.2. The summed E-state index contributed by atoms with van der Waals surface area (Å²) in [6.07, 6.45) is 5.57. The molecule has 3 atom stereocenters. The van der Waals surface area contributed by atoms with Crippen LogP contribution >= 0.6 is 0 Å². The third kappa shape index (κ3) is 5.00. The summed E-state index contributed by atoms with van der Waals surface area (Å²) in [5, 5.41) is 3.18. The number of furan rings is 1. The average Bonchev–Trinajstić information content (AvgIpc) is 3.59. The first kappa shape index (κ1) is 23.3. The van der Waals surface area contributed by atoms with Crippen molar-refractivity contribution < 1.29 is 14.0 Å². The molecule has 0 spiro atoms. The lowest BCUT2D eigenvalue weighted by Gasteiger charge is -2.25. The zero-order chi connectivity index (χ0) is 24.4. The summed E-state index contributed by atoms with van der Waals surface area (Å²) >= 11 is 0. The molecule has 0 aliphatic carbocycles. The van der Waals surface area contributed by atoms with E-state index in [0.29, 0.717) is 17.4 Å². The van der Waals surface area contributed by atoms with E-state index in [9.17, 15) is 9.59 Å². The van der Waals surface area contributed by atoms with E-state index in [1.54, 1.807) is 12.3 Å². The van der Waals surface area contributed by atoms with E-state index in [1.165, 1.54) is 12.5 Å². The molecule has 1 N–H and O–H groups in total. The maximum Gasteiger partial charge on any atom is 0.255 e. The molecule has 7 nitrogen and oxygen atoms in total. The fourth-order valence-electron chi connectivity index (χ4n) is 5.57. The first-order valence-corrected chi connectivity index (χ1v) is 12.3. The van der Waals surface area contributed by atoms with E-state index in [4.69, 9.17) is 4.42 Å². The average molecular weight is 473 g/mol. The van der Waals surface area contributed by atoms with Gasteiger partial charge in [-0.3, -0.25) is 14.6 Å². The number of likely N-dealkylation sites (tertiary alicyclic amines) is 2. The molecular weight excluding hydrogens is 440 g/mol. The number of nitrogens with one attached hydrogen (secondary N) is 1. The molecule has 2 saturated heterocycles. The van der Waals surface area contributed by atoms with Crippen molar-refractivity contribution in [3.63, 3.8) is 0 Å². The number of carbonyl (C=O) groups is 2. The molecule has 2 aromatic heterocycles. The van der Waals surface area contributed by atoms with Crippen molar-refractivity contribution in [3.05, 3.63) is 89.1 Å². The van der Waals surface area contributed by atoms with Crippen LogP contribution in [-0.4, -0.2) is 59.3 Å². The standard InChI is InChI=1S/C28H32N4O3/c1-19-8-11-29-20(2)26(19)28(34)32-16-23-14-31(15-24(23)17-32)12-9-25(21-6-4-3-5-7-21)30-27(33)22-10-13-35-18-22/h3-8,10-11,13,18,23-25H,9,12,14-17H2,1-2H3,(H,30,33)/t23-,24?,25?/m0/s1. The Labute approximate surface area is 206 Å². The number of aromatic nitrogens is 1. The zero-order valence-corrected chi connectivity index (χ0v) is 20.3. The third-order valence-corrected chi connectivity index (χ3v) is 7.44. The monoisotopic (exact) mass is 472 g/mol. The number of fused-ring (bicyclic) bond motifs is 1. The molecule has 1 aromatic carbocycles. The Morgan fingerprint density at radius 1 is 1.06 bits per heavy atom. The fourth-order valence-corrected chi connectivity index (χ4v) is 5.57. The van der Waals surface area contributed by atoms with E-state index in [2.05, 4.69) is 27.3 Å². The molecular formula is C28H32N4O3. The summed E-state index contributed by atoms with van der Waals surface area (Å²) in [4.78, 5) is 34.7. The molecule has 0 saturated carbocycles. The van der Waals surface area contributed by atoms with Crippen molar-refractivity contribution in [1.29, 1.82) is 0 Å². The van der Waals surface area contributed by atoms with Gasteiger partial charge in [0.1, 0.15) is 6.26 Å². The minimum absolute atomic E-state index is 0.0753. The van der Waals surface area contributed by atoms with E-state index in [0.717, 1.165) is 61.5 Å². The van der Waals surface area contributed by atoms with Gasteiger partial charge in [-0.05, 0) is 55.4 Å². The second kappa shape index (κ2) is 10.0. The molecule has 2 aliphatic rings. The molecule has 0 radical (unpaired) electrons. The Morgan fingerprint density at radius 3 is 2.46 bits per heavy atom. The lowest BCUT2D eigenvalue weighted by molar-refractivity contribution is 0.0772. The van der Waals surface area contributed by atoms with Crippen LogP contribution in [0.15, 0.2) is 65.6 Å². The van der Waals surface area contributed by atoms with Crippen LogP contribution in [-0.2, 0) is 0 Å². The molecule has 2 amide bonds. The lowest BCUT2D eigenvalue weighted by atomic mass is 10.0. The van der Waals surface area contributed by atoms with Gasteiger partial charge in [-0.2, -0.15) is 0 Å². The van der Waals surface area contributed by atoms with Gasteiger partial charge in [0.05, 0.1) is 29.1 Å². The SMILES string of the molecule is Cc1ccnc(C)c1C(=O)N1CC2CN(CCC(NC(=O)c3ccoc3)c3ccccc3)C[C@H]2C1. The number of nitrogens with zero attached hydrogens (tertiary/aromatic N) is 3. The summed E-state index contributed by atoms with van der Waals surface area (Å²) in [5.74, 6) is 0.972. The molecule has 7 heteroatoms. The van der Waals surface area contributed by atoms with Gasteiger partial charge in [-0.25, -0.2) is 0 Å². The van der Waals surface area contributed by atoms with E-state index < -0.39 is 0 Å². The highest BCUT2D eigenvalue weighted by Gasteiger charge is 2.42. The minimum atomic E-state index is -0.124. The number of carbonyl (C=O) groups excluding carboxylic acids is 2. The van der Waals surface area contributed by atoms with Crippen molar-refractivity contribution in [1.82, 2.24) is 20.1 Å². The number of benzene rings is 1. The highest BCUT2D eigenvalue weighted by molar-refractivity contribution is 5.96. The van der Waals surface area contributed by atoms with Crippen LogP contribution in [0.1, 0.15) is 50.0 Å². The lowest BCUT2D eigenvalue weighted by Crippen LogP contribution is -2.35. The quantitative estimate of drug-likeness (QED) is 0.565. The second-order valence-electron chi connectivity index (χ2n) is 9.82. The second-order valence-corrected chi connectivity index (χ2v) is 9.82. The first-order chi connectivity index (χ1) is 17.0. The van der Waals surface area contributed by atoms with Crippen molar-refractivity contribution in [3.8, 4) is 0 Å². The molecule has 35 heavy (non-hydrogen) atoms. The topological polar surface area (TPSA) is 78.7 Å². The Morgan fingerprint density at radius 2 is 1.80 bits per heavy atom. The molecule has 2 unspecified atom stereocenters. The molecule has 2 fully saturated rings. The van der Waals surface area contributed by atoms with Crippen LogP contribution in [0.25, 0.3) is 0 Å². The number of rotatable bonds is 7. The molecule has 182 valence electrons. The van der Waals surface area contributed by atoms with Crippen LogP contribution < -0.4 is 5.32 Å². The molecule has 4 heterocycles. The molecule has 5 rings (SSSR count). The largest absolute Gasteiger partial charge is 0.472 e. The molecule has 0 bridgehead atoms. The molecule has 3 aromatic rings. The third-order valence-electron chi connectivity index (χ3n) is 7.44. The van der Waals surface area contributed by atoms with Crippen LogP contribution in [0.2, 0.25) is 0 Å². The van der Waals surface area contributed by atoms with E-state index in [1.807, 2.05) is 43.0 Å². The number of pyridine rings is 1. The van der Waals surface area contributed by atoms with E-state index in [-0.39, 0.29) is 17.9 Å². The van der Waals surface area contributed by atoms with Gasteiger partial charge in [0.2, 0.25) is 0 Å².